The maximum Gasteiger partial charge on any atom is 0.243 e. The highest BCUT2D eigenvalue weighted by Crippen LogP contribution is 2.22. The average molecular weight is 396 g/mol. The molecule has 1 N–H and O–H groups in total. The number of nitrogens with zero attached hydrogens (tertiary/aromatic N) is 4. The summed E-state index contributed by atoms with van der Waals surface area (Å²) in [6, 6.07) is 8.26. The highest BCUT2D eigenvalue weighted by molar-refractivity contribution is 7.89. The Hall–Kier alpha value is -1.90. The number of halogens is 1. The van der Waals surface area contributed by atoms with Gasteiger partial charge in [-0.2, -0.15) is 9.29 Å². The quantitative estimate of drug-likeness (QED) is 0.837. The van der Waals surface area contributed by atoms with Gasteiger partial charge in [0.1, 0.15) is 5.82 Å². The molecule has 3 rings (SSSR count). The first-order valence-electron chi connectivity index (χ1n) is 8.50. The van der Waals surface area contributed by atoms with Gasteiger partial charge >= 0.3 is 0 Å². The molecular weight excluding hydrogens is 374 g/mol. The Morgan fingerprint density at radius 3 is 2.54 bits per heavy atom. The molecular formula is C17H22ClN5O2S. The molecule has 140 valence electrons. The van der Waals surface area contributed by atoms with Gasteiger partial charge in [-0.15, -0.1) is 0 Å². The molecule has 0 spiro atoms. The maximum absolute atomic E-state index is 12.8. The van der Waals surface area contributed by atoms with E-state index in [1.807, 2.05) is 24.8 Å². The number of sulfonamides is 1. The van der Waals surface area contributed by atoms with Crippen molar-refractivity contribution in [2.45, 2.75) is 18.7 Å². The van der Waals surface area contributed by atoms with Crippen LogP contribution in [0.2, 0.25) is 5.02 Å². The second-order valence-corrected chi connectivity index (χ2v) is 8.45. The maximum atomic E-state index is 12.8. The Balaban J connectivity index is 1.73. The minimum absolute atomic E-state index is 0.222. The second kappa shape index (κ2) is 7.77. The predicted molar refractivity (Wildman–Crippen MR) is 103 cm³/mol. The third-order valence-corrected chi connectivity index (χ3v) is 6.29. The summed E-state index contributed by atoms with van der Waals surface area (Å²) in [6.07, 6.45) is 0. The van der Waals surface area contributed by atoms with E-state index in [0.29, 0.717) is 37.1 Å². The van der Waals surface area contributed by atoms with Crippen LogP contribution in [0.4, 0.5) is 11.8 Å². The van der Waals surface area contributed by atoms with Gasteiger partial charge in [0.2, 0.25) is 16.0 Å². The summed E-state index contributed by atoms with van der Waals surface area (Å²) in [5.41, 5.74) is 0.875. The van der Waals surface area contributed by atoms with E-state index >= 15 is 0 Å². The minimum atomic E-state index is -3.55. The van der Waals surface area contributed by atoms with Crippen molar-refractivity contribution in [3.8, 4) is 0 Å². The van der Waals surface area contributed by atoms with Crippen LogP contribution in [0.5, 0.6) is 0 Å². The van der Waals surface area contributed by atoms with Crippen molar-refractivity contribution in [2.24, 2.45) is 0 Å². The zero-order valence-electron chi connectivity index (χ0n) is 14.8. The van der Waals surface area contributed by atoms with E-state index in [1.165, 1.54) is 10.4 Å². The third kappa shape index (κ3) is 4.08. The van der Waals surface area contributed by atoms with Crippen LogP contribution >= 0.6 is 11.6 Å². The summed E-state index contributed by atoms with van der Waals surface area (Å²) in [5.74, 6) is 1.41. The molecule has 1 aliphatic rings. The first kappa shape index (κ1) is 18.9. The molecule has 0 radical (unpaired) electrons. The van der Waals surface area contributed by atoms with E-state index in [0.717, 1.165) is 18.1 Å². The summed E-state index contributed by atoms with van der Waals surface area (Å²) < 4.78 is 27.0. The second-order valence-electron chi connectivity index (χ2n) is 6.07. The number of aryl methyl sites for hydroxylation is 1. The van der Waals surface area contributed by atoms with Crippen LogP contribution in [-0.4, -0.2) is 55.4 Å². The molecule has 7 nitrogen and oxygen atoms in total. The van der Waals surface area contributed by atoms with E-state index < -0.39 is 10.0 Å². The number of aromatic nitrogens is 2. The molecule has 2 heterocycles. The molecule has 0 saturated carbocycles. The number of rotatable bonds is 5. The van der Waals surface area contributed by atoms with E-state index in [1.54, 1.807) is 18.2 Å². The van der Waals surface area contributed by atoms with Gasteiger partial charge in [-0.25, -0.2) is 13.4 Å². The monoisotopic (exact) mass is 395 g/mol. The summed E-state index contributed by atoms with van der Waals surface area (Å²) >= 11 is 5.93. The predicted octanol–water partition coefficient (Wildman–Crippen LogP) is 2.38. The molecule has 26 heavy (non-hydrogen) atoms. The Labute approximate surface area is 159 Å². The van der Waals surface area contributed by atoms with Crippen molar-refractivity contribution in [3.05, 3.63) is 41.0 Å². The Morgan fingerprint density at radius 1 is 1.15 bits per heavy atom. The van der Waals surface area contributed by atoms with E-state index in [4.69, 9.17) is 11.6 Å². The van der Waals surface area contributed by atoms with Crippen molar-refractivity contribution in [3.63, 3.8) is 0 Å². The summed E-state index contributed by atoms with van der Waals surface area (Å²) in [5, 5.41) is 3.60. The van der Waals surface area contributed by atoms with Gasteiger partial charge in [0, 0.05) is 49.5 Å². The number of piperazine rings is 1. The Morgan fingerprint density at radius 2 is 1.88 bits per heavy atom. The van der Waals surface area contributed by atoms with Crippen LogP contribution in [0.15, 0.2) is 35.2 Å². The molecule has 0 atom stereocenters. The zero-order chi connectivity index (χ0) is 18.7. The Bertz CT molecular complexity index is 882. The minimum Gasteiger partial charge on any atom is -0.370 e. The van der Waals surface area contributed by atoms with Gasteiger partial charge < -0.3 is 10.2 Å². The van der Waals surface area contributed by atoms with E-state index in [-0.39, 0.29) is 4.90 Å². The first-order chi connectivity index (χ1) is 12.4. The smallest absolute Gasteiger partial charge is 0.243 e. The molecule has 1 aliphatic heterocycles. The van der Waals surface area contributed by atoms with Crippen molar-refractivity contribution in [2.75, 3.05) is 42.9 Å². The summed E-state index contributed by atoms with van der Waals surface area (Å²) in [7, 11) is -3.55. The summed E-state index contributed by atoms with van der Waals surface area (Å²) in [4.78, 5) is 11.2. The molecule has 1 aromatic heterocycles. The van der Waals surface area contributed by atoms with Crippen molar-refractivity contribution in [1.82, 2.24) is 14.3 Å². The van der Waals surface area contributed by atoms with Gasteiger partial charge in [-0.3, -0.25) is 0 Å². The molecule has 0 bridgehead atoms. The van der Waals surface area contributed by atoms with Crippen LogP contribution in [0.25, 0.3) is 0 Å². The average Bonchev–Trinajstić information content (AvgIpc) is 2.61. The fourth-order valence-electron chi connectivity index (χ4n) is 2.87. The SMILES string of the molecule is CCNc1cc(C)nc(N2CCN(S(=O)(=O)c3cccc(Cl)c3)CC2)n1. The third-order valence-electron chi connectivity index (χ3n) is 4.16. The molecule has 0 amide bonds. The van der Waals surface area contributed by atoms with E-state index in [9.17, 15) is 8.42 Å². The normalized spacial score (nSPS) is 15.9. The van der Waals surface area contributed by atoms with Crippen molar-refractivity contribution >= 4 is 33.4 Å². The number of hydrogen-bond acceptors (Lipinski definition) is 6. The number of benzene rings is 1. The highest BCUT2D eigenvalue weighted by atomic mass is 35.5. The fraction of sp³-hybridized carbons (Fsp3) is 0.412. The zero-order valence-corrected chi connectivity index (χ0v) is 16.4. The van der Waals surface area contributed by atoms with Crippen LogP contribution < -0.4 is 10.2 Å². The van der Waals surface area contributed by atoms with Gasteiger partial charge in [-0.1, -0.05) is 17.7 Å². The van der Waals surface area contributed by atoms with Gasteiger partial charge in [-0.05, 0) is 32.0 Å². The van der Waals surface area contributed by atoms with Gasteiger partial charge in [0.05, 0.1) is 4.90 Å². The fourth-order valence-corrected chi connectivity index (χ4v) is 4.59. The molecule has 1 saturated heterocycles. The lowest BCUT2D eigenvalue weighted by molar-refractivity contribution is 0.382. The number of anilines is 2. The molecule has 9 heteroatoms. The largest absolute Gasteiger partial charge is 0.370 e. The molecule has 0 unspecified atom stereocenters. The van der Waals surface area contributed by atoms with Crippen molar-refractivity contribution < 1.29 is 8.42 Å². The number of nitrogens with one attached hydrogen (secondary N) is 1. The molecule has 2 aromatic rings. The summed E-state index contributed by atoms with van der Waals surface area (Å²) in [6.45, 7) is 6.54. The lowest BCUT2D eigenvalue weighted by Crippen LogP contribution is -2.49. The lowest BCUT2D eigenvalue weighted by Gasteiger charge is -2.34. The van der Waals surface area contributed by atoms with Crippen molar-refractivity contribution in [1.29, 1.82) is 0 Å². The van der Waals surface area contributed by atoms with Crippen LogP contribution in [0.3, 0.4) is 0 Å². The first-order valence-corrected chi connectivity index (χ1v) is 10.3. The lowest BCUT2D eigenvalue weighted by atomic mass is 10.3. The van der Waals surface area contributed by atoms with E-state index in [2.05, 4.69) is 15.3 Å². The Kier molecular flexibility index (Phi) is 5.64. The topological polar surface area (TPSA) is 78.4 Å². The van der Waals surface area contributed by atoms with Crippen LogP contribution in [-0.2, 0) is 10.0 Å². The number of hydrogen-bond donors (Lipinski definition) is 1. The molecule has 1 fully saturated rings. The highest BCUT2D eigenvalue weighted by Gasteiger charge is 2.29. The van der Waals surface area contributed by atoms with Gasteiger partial charge in [0.15, 0.2) is 0 Å². The molecule has 1 aromatic carbocycles. The van der Waals surface area contributed by atoms with Crippen LogP contribution in [0.1, 0.15) is 12.6 Å². The van der Waals surface area contributed by atoms with Crippen LogP contribution in [0, 0.1) is 6.92 Å². The van der Waals surface area contributed by atoms with Gasteiger partial charge in [0.25, 0.3) is 0 Å². The standard InChI is InChI=1S/C17H22ClN5O2S/c1-3-19-16-11-13(2)20-17(21-16)22-7-9-23(10-8-22)26(24,25)15-6-4-5-14(18)12-15/h4-6,11-12H,3,7-10H2,1-2H3,(H,19,20,21). The molecule has 0 aliphatic carbocycles.